The minimum absolute atomic E-state index is 0.260. The number of pyridine rings is 1. The van der Waals surface area contributed by atoms with Crippen LogP contribution in [0.25, 0.3) is 0 Å². The van der Waals surface area contributed by atoms with Gasteiger partial charge in [-0.25, -0.2) is 9.59 Å². The third-order valence-electron chi connectivity index (χ3n) is 4.78. The minimum atomic E-state index is -1.12. The molecule has 1 atom stereocenters. The third-order valence-corrected chi connectivity index (χ3v) is 4.78. The van der Waals surface area contributed by atoms with Gasteiger partial charge >= 0.3 is 11.9 Å². The van der Waals surface area contributed by atoms with E-state index in [2.05, 4.69) is 48.4 Å². The summed E-state index contributed by atoms with van der Waals surface area (Å²) in [5, 5.41) is 9.28. The van der Waals surface area contributed by atoms with E-state index in [1.54, 1.807) is 18.3 Å². The maximum absolute atomic E-state index is 12.0. The molecule has 0 saturated carbocycles. The molecule has 0 bridgehead atoms. The van der Waals surface area contributed by atoms with Gasteiger partial charge in [-0.2, -0.15) is 0 Å². The van der Waals surface area contributed by atoms with Crippen molar-refractivity contribution >= 4 is 11.9 Å². The molecule has 1 aromatic heterocycles. The monoisotopic (exact) mass is 427 g/mol. The molecule has 0 spiro atoms. The Balaban J connectivity index is 2.09. The standard InChI is InChI=1S/C26H37NO4/c1-2-3-4-5-6-7-8-9-10-11-12-13-14-15-16-17-20-24(25(28)29)31-26(30)23-19-18-21-27-22-23/h6-7,9-10,12-13,18-19,21-22,24H,2-5,8,11,14-17,20H2,1H3,(H,28,29). The van der Waals surface area contributed by atoms with Crippen molar-refractivity contribution in [3.63, 3.8) is 0 Å². The van der Waals surface area contributed by atoms with Crippen molar-refractivity contribution in [2.75, 3.05) is 0 Å². The van der Waals surface area contributed by atoms with Gasteiger partial charge in [0.25, 0.3) is 0 Å². The largest absolute Gasteiger partial charge is 0.479 e. The van der Waals surface area contributed by atoms with Crippen LogP contribution in [0.2, 0.25) is 0 Å². The molecule has 1 N–H and O–H groups in total. The Labute approximate surface area is 186 Å². The maximum atomic E-state index is 12.0. The summed E-state index contributed by atoms with van der Waals surface area (Å²) in [7, 11) is 0. The summed E-state index contributed by atoms with van der Waals surface area (Å²) in [4.78, 5) is 27.2. The number of hydrogen-bond acceptors (Lipinski definition) is 4. The molecule has 31 heavy (non-hydrogen) atoms. The van der Waals surface area contributed by atoms with Gasteiger partial charge in [0.05, 0.1) is 5.56 Å². The van der Waals surface area contributed by atoms with Gasteiger partial charge in [0, 0.05) is 12.4 Å². The van der Waals surface area contributed by atoms with Crippen molar-refractivity contribution in [1.82, 2.24) is 4.98 Å². The number of carboxylic acids is 1. The molecule has 5 nitrogen and oxygen atoms in total. The first-order valence-electron chi connectivity index (χ1n) is 11.4. The van der Waals surface area contributed by atoms with Gasteiger partial charge in [-0.1, -0.05) is 62.6 Å². The molecule has 0 radical (unpaired) electrons. The second-order valence-electron chi connectivity index (χ2n) is 7.49. The first kappa shape index (κ1) is 26.3. The first-order chi connectivity index (χ1) is 15.1. The van der Waals surface area contributed by atoms with E-state index in [4.69, 9.17) is 4.74 Å². The molecule has 0 aliphatic carbocycles. The molecule has 0 amide bonds. The fraction of sp³-hybridized carbons (Fsp3) is 0.500. The van der Waals surface area contributed by atoms with Crippen LogP contribution in [0.1, 0.15) is 87.9 Å². The van der Waals surface area contributed by atoms with Crippen LogP contribution in [0.15, 0.2) is 61.0 Å². The van der Waals surface area contributed by atoms with E-state index in [0.717, 1.165) is 32.1 Å². The highest BCUT2D eigenvalue weighted by Crippen LogP contribution is 2.12. The number of aromatic nitrogens is 1. The molecule has 0 aliphatic rings. The number of carbonyl (C=O) groups excluding carboxylic acids is 1. The number of ether oxygens (including phenoxy) is 1. The Bertz CT molecular complexity index is 695. The third kappa shape index (κ3) is 14.0. The molecule has 0 fully saturated rings. The molecule has 0 aromatic carbocycles. The summed E-state index contributed by atoms with van der Waals surface area (Å²) in [6.07, 6.45) is 25.9. The quantitative estimate of drug-likeness (QED) is 0.171. The molecular weight excluding hydrogens is 390 g/mol. The highest BCUT2D eigenvalue weighted by Gasteiger charge is 2.22. The highest BCUT2D eigenvalue weighted by molar-refractivity contribution is 5.90. The zero-order valence-electron chi connectivity index (χ0n) is 18.7. The van der Waals surface area contributed by atoms with Gasteiger partial charge in [0.15, 0.2) is 6.10 Å². The Morgan fingerprint density at radius 3 is 2.19 bits per heavy atom. The number of esters is 1. The smallest absolute Gasteiger partial charge is 0.345 e. The summed E-state index contributed by atoms with van der Waals surface area (Å²) in [5.74, 6) is -1.76. The summed E-state index contributed by atoms with van der Waals surface area (Å²) < 4.78 is 5.12. The van der Waals surface area contributed by atoms with Crippen LogP contribution in [0.3, 0.4) is 0 Å². The average molecular weight is 428 g/mol. The molecule has 1 aromatic rings. The predicted molar refractivity (Wildman–Crippen MR) is 125 cm³/mol. The lowest BCUT2D eigenvalue weighted by Crippen LogP contribution is -2.27. The summed E-state index contributed by atoms with van der Waals surface area (Å²) in [5.41, 5.74) is 0.260. The summed E-state index contributed by atoms with van der Waals surface area (Å²) in [6, 6.07) is 3.17. The lowest BCUT2D eigenvalue weighted by atomic mass is 10.1. The molecule has 1 heterocycles. The van der Waals surface area contributed by atoms with Crippen LogP contribution in [0.4, 0.5) is 0 Å². The van der Waals surface area contributed by atoms with Gasteiger partial charge in [-0.05, 0) is 63.5 Å². The topological polar surface area (TPSA) is 76.5 Å². The summed E-state index contributed by atoms with van der Waals surface area (Å²) >= 11 is 0. The molecule has 170 valence electrons. The van der Waals surface area contributed by atoms with Crippen LogP contribution in [-0.4, -0.2) is 28.1 Å². The summed E-state index contributed by atoms with van der Waals surface area (Å²) in [6.45, 7) is 2.22. The van der Waals surface area contributed by atoms with Crippen LogP contribution < -0.4 is 0 Å². The molecule has 1 unspecified atom stereocenters. The Kier molecular flexibility index (Phi) is 15.4. The van der Waals surface area contributed by atoms with Gasteiger partial charge in [-0.3, -0.25) is 4.98 Å². The number of carbonyl (C=O) groups is 2. The normalized spacial score (nSPS) is 12.7. The number of aliphatic carboxylic acids is 1. The van der Waals surface area contributed by atoms with E-state index in [1.807, 2.05) is 0 Å². The lowest BCUT2D eigenvalue weighted by molar-refractivity contribution is -0.147. The Morgan fingerprint density at radius 2 is 1.61 bits per heavy atom. The van der Waals surface area contributed by atoms with Gasteiger partial charge in [0.2, 0.25) is 0 Å². The van der Waals surface area contributed by atoms with E-state index in [9.17, 15) is 14.7 Å². The van der Waals surface area contributed by atoms with E-state index in [1.165, 1.54) is 31.9 Å². The molecule has 0 saturated heterocycles. The van der Waals surface area contributed by atoms with Crippen molar-refractivity contribution in [3.05, 3.63) is 66.5 Å². The van der Waals surface area contributed by atoms with Crippen LogP contribution in [0, 0.1) is 0 Å². The van der Waals surface area contributed by atoms with Crippen molar-refractivity contribution in [2.45, 2.75) is 83.7 Å². The molecule has 5 heteroatoms. The zero-order valence-corrected chi connectivity index (χ0v) is 18.7. The second-order valence-corrected chi connectivity index (χ2v) is 7.49. The van der Waals surface area contributed by atoms with Crippen molar-refractivity contribution in [1.29, 1.82) is 0 Å². The van der Waals surface area contributed by atoms with Crippen molar-refractivity contribution in [3.8, 4) is 0 Å². The number of allylic oxidation sites excluding steroid dienone is 6. The van der Waals surface area contributed by atoms with E-state index in [-0.39, 0.29) is 5.56 Å². The average Bonchev–Trinajstić information content (AvgIpc) is 2.78. The van der Waals surface area contributed by atoms with E-state index < -0.39 is 18.0 Å². The van der Waals surface area contributed by atoms with Crippen molar-refractivity contribution in [2.24, 2.45) is 0 Å². The SMILES string of the molecule is CCCCCC=CCC=CCC=CCCCCCC(OC(=O)c1cccnc1)C(=O)O. The van der Waals surface area contributed by atoms with Crippen LogP contribution in [0.5, 0.6) is 0 Å². The first-order valence-corrected chi connectivity index (χ1v) is 11.4. The zero-order chi connectivity index (χ0) is 22.6. The van der Waals surface area contributed by atoms with Crippen LogP contribution in [-0.2, 0) is 9.53 Å². The molecule has 1 rings (SSSR count). The van der Waals surface area contributed by atoms with Crippen LogP contribution >= 0.6 is 0 Å². The van der Waals surface area contributed by atoms with Crippen molar-refractivity contribution < 1.29 is 19.4 Å². The lowest BCUT2D eigenvalue weighted by Gasteiger charge is -2.13. The van der Waals surface area contributed by atoms with Gasteiger partial charge in [0.1, 0.15) is 0 Å². The predicted octanol–water partition coefficient (Wildman–Crippen LogP) is 6.67. The van der Waals surface area contributed by atoms with E-state index in [0.29, 0.717) is 12.8 Å². The minimum Gasteiger partial charge on any atom is -0.479 e. The molecular formula is C26H37NO4. The maximum Gasteiger partial charge on any atom is 0.345 e. The molecule has 0 aliphatic heterocycles. The Morgan fingerprint density at radius 1 is 0.968 bits per heavy atom. The number of hydrogen-bond donors (Lipinski definition) is 1. The van der Waals surface area contributed by atoms with E-state index >= 15 is 0 Å². The highest BCUT2D eigenvalue weighted by atomic mass is 16.6. The number of carboxylic acid groups (broad SMARTS) is 1. The number of unbranched alkanes of at least 4 members (excludes halogenated alkanes) is 6. The number of nitrogens with zero attached hydrogens (tertiary/aromatic N) is 1. The second kappa shape index (κ2) is 18.1. The number of rotatable bonds is 17. The fourth-order valence-electron chi connectivity index (χ4n) is 2.97. The fourth-order valence-corrected chi connectivity index (χ4v) is 2.97. The van der Waals surface area contributed by atoms with Gasteiger partial charge in [-0.15, -0.1) is 0 Å². The van der Waals surface area contributed by atoms with Gasteiger partial charge < -0.3 is 9.84 Å². The Hall–Kier alpha value is -2.69.